The number of nitrogens with one attached hydrogen (secondary N) is 1. The van der Waals surface area contributed by atoms with Crippen molar-refractivity contribution >= 4 is 35.2 Å². The Morgan fingerprint density at radius 1 is 1.40 bits per heavy atom. The summed E-state index contributed by atoms with van der Waals surface area (Å²) in [5.41, 5.74) is -1.28. The fraction of sp³-hybridized carbons (Fsp3) is 0.385. The lowest BCUT2D eigenvalue weighted by atomic mass is 9.99. The first-order valence-corrected chi connectivity index (χ1v) is 7.39. The van der Waals surface area contributed by atoms with Crippen molar-refractivity contribution in [3.63, 3.8) is 0 Å². The highest BCUT2D eigenvalue weighted by atomic mass is 35.5. The average Bonchev–Trinajstić information content (AvgIpc) is 2.88. The van der Waals surface area contributed by atoms with Crippen molar-refractivity contribution in [1.82, 2.24) is 5.32 Å². The van der Waals surface area contributed by atoms with Gasteiger partial charge in [-0.2, -0.15) is 0 Å². The molecule has 1 aromatic carbocycles. The lowest BCUT2D eigenvalue weighted by molar-refractivity contribution is -0.147. The number of carbonyl (C=O) groups excluding carboxylic acids is 1. The molecule has 5 nitrogen and oxygen atoms in total. The molecule has 2 N–H and O–H groups in total. The van der Waals surface area contributed by atoms with Crippen molar-refractivity contribution in [2.45, 2.75) is 16.9 Å². The number of carboxylic acids is 1. The summed E-state index contributed by atoms with van der Waals surface area (Å²) in [6.07, 6.45) is 0.291. The number of rotatable bonds is 5. The SMILES string of the molecule is O=C(CSc1ccc(Cl)cc1)NC1(C(=O)O)CCOC1. The Bertz CT molecular complexity index is 500. The van der Waals surface area contributed by atoms with Gasteiger partial charge in [0.05, 0.1) is 12.4 Å². The molecule has 0 saturated carbocycles. The van der Waals surface area contributed by atoms with E-state index < -0.39 is 11.5 Å². The van der Waals surface area contributed by atoms with Crippen LogP contribution in [-0.2, 0) is 14.3 Å². The van der Waals surface area contributed by atoms with Crippen LogP contribution in [0.2, 0.25) is 5.02 Å². The average molecular weight is 316 g/mol. The zero-order valence-electron chi connectivity index (χ0n) is 10.6. The summed E-state index contributed by atoms with van der Waals surface area (Å²) in [6, 6.07) is 7.11. The van der Waals surface area contributed by atoms with Crippen LogP contribution in [0.1, 0.15) is 6.42 Å². The maximum absolute atomic E-state index is 11.9. The highest BCUT2D eigenvalue weighted by molar-refractivity contribution is 8.00. The minimum absolute atomic E-state index is 0.0136. The predicted molar refractivity (Wildman–Crippen MR) is 76.1 cm³/mol. The number of aliphatic carboxylic acids is 1. The second-order valence-corrected chi connectivity index (χ2v) is 5.97. The van der Waals surface area contributed by atoms with E-state index in [-0.39, 0.29) is 18.3 Å². The van der Waals surface area contributed by atoms with Gasteiger partial charge in [-0.1, -0.05) is 11.6 Å². The van der Waals surface area contributed by atoms with Crippen LogP contribution in [0, 0.1) is 0 Å². The van der Waals surface area contributed by atoms with Gasteiger partial charge in [0.1, 0.15) is 0 Å². The van der Waals surface area contributed by atoms with Crippen molar-refractivity contribution < 1.29 is 19.4 Å². The predicted octanol–water partition coefficient (Wildman–Crippen LogP) is 1.79. The van der Waals surface area contributed by atoms with Crippen LogP contribution in [-0.4, -0.2) is 41.5 Å². The summed E-state index contributed by atoms with van der Waals surface area (Å²) in [5.74, 6) is -1.23. The summed E-state index contributed by atoms with van der Waals surface area (Å²) < 4.78 is 5.08. The molecule has 1 heterocycles. The Kier molecular flexibility index (Phi) is 4.91. The molecule has 0 spiro atoms. The Morgan fingerprint density at radius 3 is 2.65 bits per heavy atom. The van der Waals surface area contributed by atoms with E-state index in [4.69, 9.17) is 16.3 Å². The van der Waals surface area contributed by atoms with Crippen LogP contribution >= 0.6 is 23.4 Å². The van der Waals surface area contributed by atoms with Crippen molar-refractivity contribution in [2.24, 2.45) is 0 Å². The molecule has 108 valence electrons. The van der Waals surface area contributed by atoms with Crippen LogP contribution in [0.15, 0.2) is 29.2 Å². The monoisotopic (exact) mass is 315 g/mol. The number of ether oxygens (including phenoxy) is 1. The number of hydrogen-bond acceptors (Lipinski definition) is 4. The Morgan fingerprint density at radius 2 is 2.10 bits per heavy atom. The Labute approximate surface area is 125 Å². The van der Waals surface area contributed by atoms with Gasteiger partial charge in [0.25, 0.3) is 0 Å². The molecule has 1 aliphatic rings. The molecule has 1 aliphatic heterocycles. The minimum Gasteiger partial charge on any atom is -0.479 e. The van der Waals surface area contributed by atoms with Gasteiger partial charge in [-0.25, -0.2) is 4.79 Å². The standard InChI is InChI=1S/C13H14ClNO4S/c14-9-1-3-10(4-2-9)20-7-11(16)15-13(12(17)18)5-6-19-8-13/h1-4H,5-8H2,(H,15,16)(H,17,18). The fourth-order valence-electron chi connectivity index (χ4n) is 1.87. The molecule has 1 atom stereocenters. The summed E-state index contributed by atoms with van der Waals surface area (Å²) in [6.45, 7) is 0.358. The van der Waals surface area contributed by atoms with Crippen LogP contribution < -0.4 is 5.32 Å². The van der Waals surface area contributed by atoms with E-state index in [1.165, 1.54) is 11.8 Å². The highest BCUT2D eigenvalue weighted by Crippen LogP contribution is 2.22. The maximum atomic E-state index is 11.9. The van der Waals surface area contributed by atoms with Gasteiger partial charge in [-0.15, -0.1) is 11.8 Å². The number of carboxylic acid groups (broad SMARTS) is 1. The summed E-state index contributed by atoms with van der Waals surface area (Å²) in [7, 11) is 0. The van der Waals surface area contributed by atoms with Gasteiger partial charge in [-0.05, 0) is 24.3 Å². The molecule has 1 unspecified atom stereocenters. The van der Waals surface area contributed by atoms with E-state index in [1.807, 2.05) is 12.1 Å². The van der Waals surface area contributed by atoms with Gasteiger partial charge in [-0.3, -0.25) is 4.79 Å². The summed E-state index contributed by atoms with van der Waals surface area (Å²) in [5, 5.41) is 12.4. The molecule has 0 radical (unpaired) electrons. The molecule has 0 aromatic heterocycles. The normalized spacial score (nSPS) is 21.6. The zero-order chi connectivity index (χ0) is 14.6. The molecule has 0 aliphatic carbocycles. The first-order chi connectivity index (χ1) is 9.52. The van der Waals surface area contributed by atoms with E-state index in [1.54, 1.807) is 12.1 Å². The first kappa shape index (κ1) is 15.2. The van der Waals surface area contributed by atoms with Crippen LogP contribution in [0.3, 0.4) is 0 Å². The van der Waals surface area contributed by atoms with E-state index in [2.05, 4.69) is 5.32 Å². The fourth-order valence-corrected chi connectivity index (χ4v) is 2.69. The van der Waals surface area contributed by atoms with Crippen molar-refractivity contribution in [2.75, 3.05) is 19.0 Å². The largest absolute Gasteiger partial charge is 0.479 e. The lowest BCUT2D eigenvalue weighted by Gasteiger charge is -2.23. The highest BCUT2D eigenvalue weighted by Gasteiger charge is 2.43. The van der Waals surface area contributed by atoms with Crippen molar-refractivity contribution in [3.05, 3.63) is 29.3 Å². The number of carbonyl (C=O) groups is 2. The smallest absolute Gasteiger partial charge is 0.331 e. The third-order valence-electron chi connectivity index (χ3n) is 2.99. The van der Waals surface area contributed by atoms with Gasteiger partial charge >= 0.3 is 5.97 Å². The van der Waals surface area contributed by atoms with Crippen LogP contribution in [0.5, 0.6) is 0 Å². The van der Waals surface area contributed by atoms with Crippen LogP contribution in [0.4, 0.5) is 0 Å². The van der Waals surface area contributed by atoms with Gasteiger partial charge in [0.2, 0.25) is 5.91 Å². The molecule has 20 heavy (non-hydrogen) atoms. The molecular formula is C13H14ClNO4S. The summed E-state index contributed by atoms with van der Waals surface area (Å²) in [4.78, 5) is 24.0. The van der Waals surface area contributed by atoms with E-state index in [0.717, 1.165) is 4.90 Å². The molecular weight excluding hydrogens is 302 g/mol. The second-order valence-electron chi connectivity index (χ2n) is 4.48. The van der Waals surface area contributed by atoms with Crippen LogP contribution in [0.25, 0.3) is 0 Å². The van der Waals surface area contributed by atoms with E-state index >= 15 is 0 Å². The van der Waals surface area contributed by atoms with E-state index in [9.17, 15) is 14.7 Å². The van der Waals surface area contributed by atoms with Crippen molar-refractivity contribution in [3.8, 4) is 0 Å². The van der Waals surface area contributed by atoms with Crippen molar-refractivity contribution in [1.29, 1.82) is 0 Å². The number of benzene rings is 1. The molecule has 7 heteroatoms. The van der Waals surface area contributed by atoms with Gasteiger partial charge in [0, 0.05) is 22.9 Å². The topological polar surface area (TPSA) is 75.6 Å². The molecule has 2 rings (SSSR count). The third-order valence-corrected chi connectivity index (χ3v) is 4.26. The second kappa shape index (κ2) is 6.47. The molecule has 1 amide bonds. The molecule has 0 bridgehead atoms. The Balaban J connectivity index is 1.89. The van der Waals surface area contributed by atoms with Gasteiger partial charge in [0.15, 0.2) is 5.54 Å². The Hall–Kier alpha value is -1.24. The lowest BCUT2D eigenvalue weighted by Crippen LogP contribution is -2.55. The number of thioether (sulfide) groups is 1. The van der Waals surface area contributed by atoms with E-state index in [0.29, 0.717) is 18.1 Å². The number of halogens is 1. The molecule has 1 fully saturated rings. The minimum atomic E-state index is -1.28. The zero-order valence-corrected chi connectivity index (χ0v) is 12.2. The van der Waals surface area contributed by atoms with Gasteiger partial charge < -0.3 is 15.2 Å². The molecule has 1 aromatic rings. The number of amides is 1. The third kappa shape index (κ3) is 3.65. The first-order valence-electron chi connectivity index (χ1n) is 6.02. The molecule has 1 saturated heterocycles. The summed E-state index contributed by atoms with van der Waals surface area (Å²) >= 11 is 7.10. The quantitative estimate of drug-likeness (QED) is 0.810. The number of hydrogen-bond donors (Lipinski definition) is 2. The maximum Gasteiger partial charge on any atom is 0.331 e.